The normalized spacial score (nSPS) is 13.3. The Morgan fingerprint density at radius 3 is 1.89 bits per heavy atom. The highest BCUT2D eigenvalue weighted by molar-refractivity contribution is 5.89. The van der Waals surface area contributed by atoms with Crippen molar-refractivity contribution in [1.29, 1.82) is 0 Å². The molecule has 2 amide bonds. The minimum Gasteiger partial charge on any atom is -0.325 e. The van der Waals surface area contributed by atoms with Crippen molar-refractivity contribution in [3.8, 4) is 0 Å². The number of alkyl halides is 6. The lowest BCUT2D eigenvalue weighted by Crippen LogP contribution is -2.35. The van der Waals surface area contributed by atoms with E-state index in [0.717, 1.165) is 48.2 Å². The number of hydrogen-bond acceptors (Lipinski definition) is 2. The summed E-state index contributed by atoms with van der Waals surface area (Å²) in [6.45, 7) is 6.05. The van der Waals surface area contributed by atoms with Gasteiger partial charge in [-0.3, -0.25) is 4.98 Å². The van der Waals surface area contributed by atoms with Gasteiger partial charge in [0.25, 0.3) is 0 Å². The van der Waals surface area contributed by atoms with Gasteiger partial charge in [0, 0.05) is 11.9 Å². The molecule has 0 aliphatic rings. The standard InChI is InChI=1S/C25H23F6N3O/c1-23(2,3)16-10-12-18(13-11-16)33-22(35)34-20(15-6-8-17(9-7-15)24(26,27)28)21-19(25(29,30)31)5-4-14-32-21/h4-14,20H,1-3H3,(H2,33,34,35). The Labute approximate surface area is 198 Å². The van der Waals surface area contributed by atoms with E-state index in [4.69, 9.17) is 0 Å². The number of amides is 2. The van der Waals surface area contributed by atoms with Crippen molar-refractivity contribution in [2.75, 3.05) is 5.32 Å². The van der Waals surface area contributed by atoms with Crippen molar-refractivity contribution < 1.29 is 31.1 Å². The Balaban J connectivity index is 1.94. The molecule has 0 radical (unpaired) electrons. The summed E-state index contributed by atoms with van der Waals surface area (Å²) in [5.74, 6) is 0. The number of halogens is 6. The number of aromatic nitrogens is 1. The molecule has 186 valence electrons. The highest BCUT2D eigenvalue weighted by atomic mass is 19.4. The van der Waals surface area contributed by atoms with E-state index >= 15 is 0 Å². The van der Waals surface area contributed by atoms with Gasteiger partial charge in [-0.15, -0.1) is 0 Å². The molecule has 0 fully saturated rings. The van der Waals surface area contributed by atoms with Crippen LogP contribution in [0.15, 0.2) is 66.9 Å². The second-order valence-electron chi connectivity index (χ2n) is 8.91. The van der Waals surface area contributed by atoms with Gasteiger partial charge in [-0.25, -0.2) is 4.79 Å². The van der Waals surface area contributed by atoms with Crippen molar-refractivity contribution in [3.05, 3.63) is 94.8 Å². The molecule has 0 spiro atoms. The minimum absolute atomic E-state index is 0.000399. The van der Waals surface area contributed by atoms with Crippen LogP contribution in [-0.2, 0) is 17.8 Å². The zero-order valence-electron chi connectivity index (χ0n) is 19.1. The maximum Gasteiger partial charge on any atom is 0.418 e. The average molecular weight is 495 g/mol. The minimum atomic E-state index is -4.80. The molecule has 2 N–H and O–H groups in total. The molecule has 1 unspecified atom stereocenters. The second-order valence-corrected chi connectivity index (χ2v) is 8.91. The Bertz CT molecular complexity index is 1160. The molecule has 1 aromatic heterocycles. The number of nitrogens with one attached hydrogen (secondary N) is 2. The Hall–Kier alpha value is -3.56. The zero-order valence-corrected chi connectivity index (χ0v) is 19.1. The predicted octanol–water partition coefficient (Wildman–Crippen LogP) is 7.33. The number of urea groups is 1. The first-order valence-electron chi connectivity index (χ1n) is 10.5. The summed E-state index contributed by atoms with van der Waals surface area (Å²) in [5, 5.41) is 4.97. The predicted molar refractivity (Wildman–Crippen MR) is 120 cm³/mol. The highest BCUT2D eigenvalue weighted by Gasteiger charge is 2.37. The lowest BCUT2D eigenvalue weighted by Gasteiger charge is -2.23. The van der Waals surface area contributed by atoms with E-state index in [-0.39, 0.29) is 11.0 Å². The van der Waals surface area contributed by atoms with Gasteiger partial charge < -0.3 is 10.6 Å². The van der Waals surface area contributed by atoms with E-state index in [1.165, 1.54) is 0 Å². The molecule has 2 aromatic carbocycles. The SMILES string of the molecule is CC(C)(C)c1ccc(NC(=O)NC(c2ccc(C(F)(F)F)cc2)c2ncccc2C(F)(F)F)cc1. The fourth-order valence-corrected chi connectivity index (χ4v) is 3.41. The molecule has 10 heteroatoms. The largest absolute Gasteiger partial charge is 0.418 e. The number of carbonyl (C=O) groups excluding carboxylic acids is 1. The number of carbonyl (C=O) groups is 1. The molecule has 35 heavy (non-hydrogen) atoms. The van der Waals surface area contributed by atoms with Crippen LogP contribution in [0.25, 0.3) is 0 Å². The quantitative estimate of drug-likeness (QED) is 0.373. The fourth-order valence-electron chi connectivity index (χ4n) is 3.41. The molecule has 3 rings (SSSR count). The first kappa shape index (κ1) is 26.1. The fraction of sp³-hybridized carbons (Fsp3) is 0.280. The van der Waals surface area contributed by atoms with Crippen molar-refractivity contribution >= 4 is 11.7 Å². The lowest BCUT2D eigenvalue weighted by molar-refractivity contribution is -0.139. The summed E-state index contributed by atoms with van der Waals surface area (Å²) in [4.78, 5) is 16.5. The molecule has 0 saturated heterocycles. The maximum atomic E-state index is 13.6. The second kappa shape index (κ2) is 9.59. The third kappa shape index (κ3) is 6.52. The van der Waals surface area contributed by atoms with Crippen LogP contribution in [0.2, 0.25) is 0 Å². The summed E-state index contributed by atoms with van der Waals surface area (Å²) in [7, 11) is 0. The third-order valence-corrected chi connectivity index (χ3v) is 5.27. The van der Waals surface area contributed by atoms with Crippen LogP contribution in [0.4, 0.5) is 36.8 Å². The number of pyridine rings is 1. The molecule has 3 aromatic rings. The van der Waals surface area contributed by atoms with Gasteiger partial charge >= 0.3 is 18.4 Å². The van der Waals surface area contributed by atoms with Gasteiger partial charge in [0.1, 0.15) is 0 Å². The molecule has 1 atom stereocenters. The highest BCUT2D eigenvalue weighted by Crippen LogP contribution is 2.36. The van der Waals surface area contributed by atoms with Gasteiger partial charge in [-0.2, -0.15) is 26.3 Å². The topological polar surface area (TPSA) is 54.0 Å². The van der Waals surface area contributed by atoms with Crippen LogP contribution >= 0.6 is 0 Å². The van der Waals surface area contributed by atoms with Gasteiger partial charge in [0.2, 0.25) is 0 Å². The van der Waals surface area contributed by atoms with Crippen molar-refractivity contribution in [2.24, 2.45) is 0 Å². The van der Waals surface area contributed by atoms with Crippen LogP contribution in [-0.4, -0.2) is 11.0 Å². The summed E-state index contributed by atoms with van der Waals surface area (Å²) >= 11 is 0. The van der Waals surface area contributed by atoms with Crippen molar-refractivity contribution in [1.82, 2.24) is 10.3 Å². The molecule has 4 nitrogen and oxygen atoms in total. The average Bonchev–Trinajstić information content (AvgIpc) is 2.76. The van der Waals surface area contributed by atoms with Gasteiger partial charge in [-0.05, 0) is 52.9 Å². The zero-order chi connectivity index (χ0) is 26.0. The van der Waals surface area contributed by atoms with E-state index in [1.54, 1.807) is 12.1 Å². The van der Waals surface area contributed by atoms with E-state index in [9.17, 15) is 31.1 Å². The van der Waals surface area contributed by atoms with Crippen molar-refractivity contribution in [3.63, 3.8) is 0 Å². The molecular formula is C25H23F6N3O. The number of anilines is 1. The molecule has 0 aliphatic carbocycles. The van der Waals surface area contributed by atoms with E-state index in [1.807, 2.05) is 32.9 Å². The van der Waals surface area contributed by atoms with E-state index in [2.05, 4.69) is 15.6 Å². The lowest BCUT2D eigenvalue weighted by atomic mass is 9.87. The first-order valence-corrected chi connectivity index (χ1v) is 10.5. The molecular weight excluding hydrogens is 472 g/mol. The molecule has 0 saturated carbocycles. The van der Waals surface area contributed by atoms with Crippen LogP contribution in [0.1, 0.15) is 54.8 Å². The Kier molecular flexibility index (Phi) is 7.14. The van der Waals surface area contributed by atoms with Crippen LogP contribution in [0, 0.1) is 0 Å². The third-order valence-electron chi connectivity index (χ3n) is 5.27. The molecule has 1 heterocycles. The van der Waals surface area contributed by atoms with Gasteiger partial charge in [0.15, 0.2) is 0 Å². The summed E-state index contributed by atoms with van der Waals surface area (Å²) in [5.41, 5.74) is -1.35. The monoisotopic (exact) mass is 495 g/mol. The van der Waals surface area contributed by atoms with Crippen LogP contribution in [0.3, 0.4) is 0 Å². The summed E-state index contributed by atoms with van der Waals surface area (Å²) in [6.07, 6.45) is -8.30. The Morgan fingerprint density at radius 1 is 0.800 bits per heavy atom. The number of hydrogen-bond donors (Lipinski definition) is 2. The number of benzene rings is 2. The molecule has 0 aliphatic heterocycles. The van der Waals surface area contributed by atoms with Crippen LogP contribution < -0.4 is 10.6 Å². The first-order chi connectivity index (χ1) is 16.2. The summed E-state index contributed by atoms with van der Waals surface area (Å²) in [6, 6.07) is 9.99. The Morgan fingerprint density at radius 2 is 1.37 bits per heavy atom. The molecule has 0 bridgehead atoms. The summed E-state index contributed by atoms with van der Waals surface area (Å²) < 4.78 is 79.9. The number of rotatable bonds is 4. The van der Waals surface area contributed by atoms with Gasteiger partial charge in [0.05, 0.1) is 22.9 Å². The maximum absolute atomic E-state index is 13.6. The van der Waals surface area contributed by atoms with Crippen LogP contribution in [0.5, 0.6) is 0 Å². The van der Waals surface area contributed by atoms with Crippen molar-refractivity contribution in [2.45, 2.75) is 44.6 Å². The van der Waals surface area contributed by atoms with Gasteiger partial charge in [-0.1, -0.05) is 45.0 Å². The van der Waals surface area contributed by atoms with E-state index in [0.29, 0.717) is 5.69 Å². The van der Waals surface area contributed by atoms with E-state index < -0.39 is 41.2 Å². The smallest absolute Gasteiger partial charge is 0.325 e. The number of nitrogens with zero attached hydrogens (tertiary/aromatic N) is 1.